The average molecular weight is 370 g/mol. The third-order valence-corrected chi connectivity index (χ3v) is 4.56. The van der Waals surface area contributed by atoms with E-state index in [0.29, 0.717) is 17.1 Å². The molecule has 1 aliphatic heterocycles. The maximum atomic E-state index is 12.9. The van der Waals surface area contributed by atoms with Crippen molar-refractivity contribution in [3.63, 3.8) is 0 Å². The normalized spacial score (nSPS) is 15.6. The largest absolute Gasteiger partial charge is 0.493 e. The third-order valence-electron chi connectivity index (χ3n) is 4.56. The summed E-state index contributed by atoms with van der Waals surface area (Å²) in [5.74, 6) is -0.276. The van der Waals surface area contributed by atoms with Crippen molar-refractivity contribution in [3.8, 4) is 23.4 Å². The molecule has 2 N–H and O–H groups in total. The van der Waals surface area contributed by atoms with E-state index in [9.17, 15) is 14.9 Å². The number of methoxy groups -OCH3 is 2. The number of benzene rings is 1. The first kappa shape index (κ1) is 18.1. The highest BCUT2D eigenvalue weighted by Gasteiger charge is 2.37. The molecule has 0 saturated carbocycles. The van der Waals surface area contributed by atoms with Crippen LogP contribution >= 0.6 is 0 Å². The van der Waals surface area contributed by atoms with E-state index in [1.807, 2.05) is 6.07 Å². The Balaban J connectivity index is 2.47. The topological polar surface area (TPSA) is 122 Å². The van der Waals surface area contributed by atoms with E-state index in [1.165, 1.54) is 32.9 Å². The lowest BCUT2D eigenvalue weighted by Crippen LogP contribution is -2.42. The highest BCUT2D eigenvalue weighted by atomic mass is 16.5. The van der Waals surface area contributed by atoms with Crippen LogP contribution in [-0.4, -0.2) is 23.4 Å². The molecule has 1 aromatic heterocycles. The Morgan fingerprint density at radius 3 is 2.48 bits per heavy atom. The molecule has 2 aromatic rings. The Bertz CT molecular complexity index is 1120. The van der Waals surface area contributed by atoms with E-state index in [-0.39, 0.29) is 22.9 Å². The van der Waals surface area contributed by atoms with Crippen LogP contribution in [0.5, 0.6) is 17.4 Å². The van der Waals surface area contributed by atoms with Crippen LogP contribution in [0.4, 0.5) is 0 Å². The molecule has 2 heterocycles. The first-order chi connectivity index (χ1) is 12.9. The van der Waals surface area contributed by atoms with Crippen LogP contribution in [0.3, 0.4) is 0 Å². The molecule has 0 saturated heterocycles. The van der Waals surface area contributed by atoms with Gasteiger partial charge < -0.3 is 19.9 Å². The molecule has 0 amide bonds. The van der Waals surface area contributed by atoms with Gasteiger partial charge in [-0.25, -0.2) is 4.79 Å². The number of ether oxygens (including phenoxy) is 3. The second-order valence-corrected chi connectivity index (χ2v) is 5.93. The zero-order chi connectivity index (χ0) is 19.9. The number of aromatic nitrogens is 2. The van der Waals surface area contributed by atoms with Crippen molar-refractivity contribution in [1.29, 1.82) is 5.26 Å². The van der Waals surface area contributed by atoms with Crippen molar-refractivity contribution in [2.24, 2.45) is 19.8 Å². The molecule has 9 nitrogen and oxygen atoms in total. The maximum Gasteiger partial charge on any atom is 0.333 e. The van der Waals surface area contributed by atoms with Gasteiger partial charge in [-0.2, -0.15) is 5.26 Å². The molecule has 0 spiro atoms. The lowest BCUT2D eigenvalue weighted by molar-refractivity contribution is 0.339. The molecule has 3 rings (SSSR count). The summed E-state index contributed by atoms with van der Waals surface area (Å²) in [6.45, 7) is 0. The van der Waals surface area contributed by atoms with Crippen molar-refractivity contribution in [1.82, 2.24) is 9.13 Å². The lowest BCUT2D eigenvalue weighted by atomic mass is 9.84. The minimum Gasteiger partial charge on any atom is -0.493 e. The summed E-state index contributed by atoms with van der Waals surface area (Å²) in [5.41, 5.74) is 5.46. The Morgan fingerprint density at radius 1 is 1.19 bits per heavy atom. The molecule has 0 fully saturated rings. The molecular weight excluding hydrogens is 352 g/mol. The second-order valence-electron chi connectivity index (χ2n) is 5.93. The van der Waals surface area contributed by atoms with Gasteiger partial charge in [0.05, 0.1) is 25.7 Å². The number of para-hydroxylation sites is 1. The summed E-state index contributed by atoms with van der Waals surface area (Å²) in [7, 11) is 5.76. The first-order valence-corrected chi connectivity index (χ1v) is 7.95. The van der Waals surface area contributed by atoms with Crippen molar-refractivity contribution in [2.75, 3.05) is 14.2 Å². The van der Waals surface area contributed by atoms with Gasteiger partial charge in [-0.1, -0.05) is 12.1 Å². The van der Waals surface area contributed by atoms with E-state index in [2.05, 4.69) is 0 Å². The molecule has 0 aliphatic carbocycles. The van der Waals surface area contributed by atoms with Gasteiger partial charge in [-0.15, -0.1) is 0 Å². The van der Waals surface area contributed by atoms with Crippen LogP contribution in [0.1, 0.15) is 17.0 Å². The van der Waals surface area contributed by atoms with Crippen molar-refractivity contribution < 1.29 is 14.2 Å². The Morgan fingerprint density at radius 2 is 1.89 bits per heavy atom. The number of fused-ring (bicyclic) bond motifs is 1. The monoisotopic (exact) mass is 370 g/mol. The number of rotatable bonds is 3. The molecule has 9 heteroatoms. The van der Waals surface area contributed by atoms with Gasteiger partial charge in [-0.3, -0.25) is 13.9 Å². The SMILES string of the molecule is COc1cccc(C2C(C#N)=C(N)Oc3c2c(=O)n(C)c(=O)n3C)c1OC. The van der Waals surface area contributed by atoms with Gasteiger partial charge in [0, 0.05) is 19.7 Å². The number of hydrogen-bond acceptors (Lipinski definition) is 7. The number of nitrogens with two attached hydrogens (primary N) is 1. The Labute approximate surface area is 154 Å². The summed E-state index contributed by atoms with van der Waals surface area (Å²) >= 11 is 0. The van der Waals surface area contributed by atoms with Gasteiger partial charge in [0.1, 0.15) is 11.6 Å². The van der Waals surface area contributed by atoms with Crippen LogP contribution < -0.4 is 31.2 Å². The summed E-state index contributed by atoms with van der Waals surface area (Å²) in [4.78, 5) is 25.2. The smallest absolute Gasteiger partial charge is 0.333 e. The van der Waals surface area contributed by atoms with Crippen molar-refractivity contribution >= 4 is 0 Å². The van der Waals surface area contributed by atoms with E-state index in [1.54, 1.807) is 18.2 Å². The predicted molar refractivity (Wildman–Crippen MR) is 95.8 cm³/mol. The summed E-state index contributed by atoms with van der Waals surface area (Å²) in [6, 6.07) is 7.12. The molecule has 0 bridgehead atoms. The standard InChI is InChI=1S/C18H18N4O5/c1-21-16(23)13-12(9-6-5-7-11(25-3)14(9)26-4)10(8-19)15(20)27-17(13)22(2)18(21)24/h5-7,12H,20H2,1-4H3. The molecule has 140 valence electrons. The van der Waals surface area contributed by atoms with Gasteiger partial charge >= 0.3 is 5.69 Å². The average Bonchev–Trinajstić information content (AvgIpc) is 2.68. The fourth-order valence-corrected chi connectivity index (χ4v) is 3.24. The van der Waals surface area contributed by atoms with E-state index < -0.39 is 17.2 Å². The summed E-state index contributed by atoms with van der Waals surface area (Å²) < 4.78 is 18.4. The van der Waals surface area contributed by atoms with Gasteiger partial charge in [-0.05, 0) is 6.07 Å². The molecule has 27 heavy (non-hydrogen) atoms. The predicted octanol–water partition coefficient (Wildman–Crippen LogP) is 0.319. The van der Waals surface area contributed by atoms with Gasteiger partial charge in [0.15, 0.2) is 11.5 Å². The van der Waals surface area contributed by atoms with E-state index in [0.717, 1.165) is 4.57 Å². The van der Waals surface area contributed by atoms with Crippen LogP contribution in [0.25, 0.3) is 0 Å². The minimum atomic E-state index is -0.880. The summed E-state index contributed by atoms with van der Waals surface area (Å²) in [6.07, 6.45) is 0. The quantitative estimate of drug-likeness (QED) is 0.825. The molecular formula is C18H18N4O5. The first-order valence-electron chi connectivity index (χ1n) is 7.95. The molecule has 1 atom stereocenters. The molecule has 1 aromatic carbocycles. The van der Waals surface area contributed by atoms with Crippen LogP contribution in [0.15, 0.2) is 39.2 Å². The molecule has 1 aliphatic rings. The zero-order valence-corrected chi connectivity index (χ0v) is 15.3. The lowest BCUT2D eigenvalue weighted by Gasteiger charge is -2.28. The van der Waals surface area contributed by atoms with E-state index >= 15 is 0 Å². The highest BCUT2D eigenvalue weighted by Crippen LogP contribution is 2.45. The number of hydrogen-bond donors (Lipinski definition) is 1. The highest BCUT2D eigenvalue weighted by molar-refractivity contribution is 5.59. The van der Waals surface area contributed by atoms with Crippen LogP contribution in [0, 0.1) is 11.3 Å². The van der Waals surface area contributed by atoms with Gasteiger partial charge in [0.2, 0.25) is 11.8 Å². The van der Waals surface area contributed by atoms with Crippen molar-refractivity contribution in [3.05, 3.63) is 61.6 Å². The molecule has 1 unspecified atom stereocenters. The number of nitrogens with zero attached hydrogens (tertiary/aromatic N) is 3. The summed E-state index contributed by atoms with van der Waals surface area (Å²) in [5, 5.41) is 9.68. The minimum absolute atomic E-state index is 0.00512. The van der Waals surface area contributed by atoms with E-state index in [4.69, 9.17) is 19.9 Å². The van der Waals surface area contributed by atoms with Crippen LogP contribution in [0.2, 0.25) is 0 Å². The van der Waals surface area contributed by atoms with Crippen LogP contribution in [-0.2, 0) is 14.1 Å². The fourth-order valence-electron chi connectivity index (χ4n) is 3.24. The fraction of sp³-hybridized carbons (Fsp3) is 0.278. The third kappa shape index (κ3) is 2.54. The number of allylic oxidation sites excluding steroid dienone is 1. The maximum absolute atomic E-state index is 12.9. The Hall–Kier alpha value is -3.67. The zero-order valence-electron chi connectivity index (χ0n) is 15.3. The van der Waals surface area contributed by atoms with Crippen molar-refractivity contribution in [2.45, 2.75) is 5.92 Å². The Kier molecular flexibility index (Phi) is 4.41. The second kappa shape index (κ2) is 6.57. The number of nitriles is 1. The molecule has 0 radical (unpaired) electrons. The van der Waals surface area contributed by atoms with Gasteiger partial charge in [0.25, 0.3) is 5.56 Å².